The monoisotopic (exact) mass is 433 g/mol. The fourth-order valence-electron chi connectivity index (χ4n) is 3.46. The van der Waals surface area contributed by atoms with Crippen molar-refractivity contribution >= 4 is 29.0 Å². The zero-order valence-corrected chi connectivity index (χ0v) is 17.3. The quantitative estimate of drug-likeness (QED) is 0.596. The van der Waals surface area contributed by atoms with E-state index in [4.69, 9.17) is 9.47 Å². The van der Waals surface area contributed by atoms with Crippen LogP contribution in [0.3, 0.4) is 0 Å². The molecule has 9 nitrogen and oxygen atoms in total. The third kappa shape index (κ3) is 3.49. The Morgan fingerprint density at radius 1 is 1.16 bits per heavy atom. The molecule has 0 spiro atoms. The van der Waals surface area contributed by atoms with E-state index in [1.807, 2.05) is 0 Å². The average Bonchev–Trinajstić information content (AvgIpc) is 3.15. The van der Waals surface area contributed by atoms with Gasteiger partial charge in [0.1, 0.15) is 11.3 Å². The molecule has 0 saturated heterocycles. The number of aliphatic imine (C=N–C) groups is 1. The number of rotatable bonds is 5. The summed E-state index contributed by atoms with van der Waals surface area (Å²) in [7, 11) is 1.22. The maximum absolute atomic E-state index is 12.6. The van der Waals surface area contributed by atoms with Crippen LogP contribution in [-0.4, -0.2) is 40.1 Å². The van der Waals surface area contributed by atoms with Gasteiger partial charge in [0.15, 0.2) is 5.71 Å². The molecule has 0 fully saturated rings. The topological polar surface area (TPSA) is 123 Å². The molecule has 2 aromatic carbocycles. The molecule has 0 saturated carbocycles. The first-order valence-electron chi connectivity index (χ1n) is 9.75. The molecule has 162 valence electrons. The van der Waals surface area contributed by atoms with Crippen LogP contribution in [0.5, 0.6) is 11.6 Å². The summed E-state index contributed by atoms with van der Waals surface area (Å²) in [5.74, 6) is -0.952. The lowest BCUT2D eigenvalue weighted by atomic mass is 10.0. The van der Waals surface area contributed by atoms with E-state index in [2.05, 4.69) is 9.98 Å². The van der Waals surface area contributed by atoms with Gasteiger partial charge < -0.3 is 14.6 Å². The number of nitrogens with zero attached hydrogens (tertiary/aromatic N) is 2. The van der Waals surface area contributed by atoms with Gasteiger partial charge in [-0.25, -0.2) is 19.1 Å². The Morgan fingerprint density at radius 3 is 2.62 bits per heavy atom. The van der Waals surface area contributed by atoms with Gasteiger partial charge in [0, 0.05) is 11.1 Å². The molecule has 1 aromatic heterocycles. The van der Waals surface area contributed by atoms with Gasteiger partial charge in [0.25, 0.3) is 5.56 Å². The molecule has 9 heteroatoms. The van der Waals surface area contributed by atoms with Crippen molar-refractivity contribution in [3.05, 3.63) is 80.5 Å². The first-order valence-corrected chi connectivity index (χ1v) is 9.75. The second kappa shape index (κ2) is 8.38. The standard InChI is InChI=1S/C23H19N3O6/c1-3-32-18-11-7-6-10-17(18)26-21(28)15(20(27)25-23(26)30)12-14-13-8-4-5-9-16(13)24-19(14)22(29)31-2/h4-12,28H,3H2,1-2H3,(H,25,27,30). The maximum atomic E-state index is 12.6. The van der Waals surface area contributed by atoms with Crippen LogP contribution in [0.1, 0.15) is 18.1 Å². The van der Waals surface area contributed by atoms with Crippen LogP contribution in [0.4, 0.5) is 5.69 Å². The van der Waals surface area contributed by atoms with Crippen molar-refractivity contribution in [2.75, 3.05) is 13.7 Å². The Bertz CT molecular complexity index is 1400. The van der Waals surface area contributed by atoms with Gasteiger partial charge in [-0.05, 0) is 31.2 Å². The molecule has 1 aliphatic rings. The number of aromatic hydroxyl groups is 1. The number of para-hydroxylation sites is 3. The highest BCUT2D eigenvalue weighted by Gasteiger charge is 2.28. The number of carbonyl (C=O) groups excluding carboxylic acids is 1. The van der Waals surface area contributed by atoms with Crippen molar-refractivity contribution in [2.45, 2.75) is 6.92 Å². The Morgan fingerprint density at radius 2 is 1.88 bits per heavy atom. The van der Waals surface area contributed by atoms with E-state index < -0.39 is 23.1 Å². The summed E-state index contributed by atoms with van der Waals surface area (Å²) in [6.45, 7) is 2.12. The number of ether oxygens (including phenoxy) is 2. The maximum Gasteiger partial charge on any atom is 0.357 e. The number of benzene rings is 2. The molecule has 1 aliphatic heterocycles. The van der Waals surface area contributed by atoms with Gasteiger partial charge in [-0.1, -0.05) is 30.3 Å². The number of H-pyrrole nitrogens is 1. The minimum atomic E-state index is -0.838. The van der Waals surface area contributed by atoms with Gasteiger partial charge in [-0.3, -0.25) is 9.78 Å². The van der Waals surface area contributed by atoms with Crippen molar-refractivity contribution in [3.63, 3.8) is 0 Å². The van der Waals surface area contributed by atoms with E-state index in [1.54, 1.807) is 55.5 Å². The predicted molar refractivity (Wildman–Crippen MR) is 119 cm³/mol. The minimum Gasteiger partial charge on any atom is -0.494 e. The van der Waals surface area contributed by atoms with E-state index in [-0.39, 0.29) is 22.5 Å². The van der Waals surface area contributed by atoms with Crippen molar-refractivity contribution < 1.29 is 19.4 Å². The number of aromatic amines is 1. The van der Waals surface area contributed by atoms with E-state index in [0.29, 0.717) is 23.6 Å². The summed E-state index contributed by atoms with van der Waals surface area (Å²) in [4.78, 5) is 44.0. The lowest BCUT2D eigenvalue weighted by molar-refractivity contribution is -0.132. The van der Waals surface area contributed by atoms with E-state index in [0.717, 1.165) is 4.57 Å². The summed E-state index contributed by atoms with van der Waals surface area (Å²) in [6, 6.07) is 13.6. The highest BCUT2D eigenvalue weighted by Crippen LogP contribution is 2.37. The molecule has 4 rings (SSSR count). The molecule has 0 bridgehead atoms. The second-order valence-electron chi connectivity index (χ2n) is 6.76. The van der Waals surface area contributed by atoms with E-state index in [9.17, 15) is 19.5 Å². The summed E-state index contributed by atoms with van der Waals surface area (Å²) >= 11 is 0. The number of carbonyl (C=O) groups is 1. The summed E-state index contributed by atoms with van der Waals surface area (Å²) in [5, 5.41) is 11.0. The molecule has 2 N–H and O–H groups in total. The second-order valence-corrected chi connectivity index (χ2v) is 6.76. The Labute approximate surface area is 181 Å². The number of esters is 1. The van der Waals surface area contributed by atoms with Crippen LogP contribution < -0.4 is 16.0 Å². The first-order chi connectivity index (χ1) is 15.5. The van der Waals surface area contributed by atoms with Crippen LogP contribution in [0, 0.1) is 0 Å². The lowest BCUT2D eigenvalue weighted by Crippen LogP contribution is -2.30. The van der Waals surface area contributed by atoms with Crippen LogP contribution in [-0.2, 0) is 9.53 Å². The molecule has 0 aliphatic carbocycles. The van der Waals surface area contributed by atoms with Gasteiger partial charge in [-0.15, -0.1) is 0 Å². The fourth-order valence-corrected chi connectivity index (χ4v) is 3.46. The normalized spacial score (nSPS) is 13.6. The molecule has 0 atom stereocenters. The number of aromatic nitrogens is 2. The SMILES string of the molecule is CCOc1ccccc1-n1c(O)c(C=C2C(C(=O)OC)=Nc3ccccc32)c(=O)[nH]c1=O. The van der Waals surface area contributed by atoms with Crippen LogP contribution in [0.25, 0.3) is 17.3 Å². The Kier molecular flexibility index (Phi) is 5.46. The van der Waals surface area contributed by atoms with Gasteiger partial charge >= 0.3 is 11.7 Å². The third-order valence-electron chi connectivity index (χ3n) is 4.88. The van der Waals surface area contributed by atoms with Crippen molar-refractivity contribution in [3.8, 4) is 17.3 Å². The van der Waals surface area contributed by atoms with Crippen molar-refractivity contribution in [1.29, 1.82) is 0 Å². The molecular weight excluding hydrogens is 414 g/mol. The zero-order chi connectivity index (χ0) is 22.8. The predicted octanol–water partition coefficient (Wildman–Crippen LogP) is 2.43. The fraction of sp³-hybridized carbons (Fsp3) is 0.130. The number of nitrogens with one attached hydrogen (secondary N) is 1. The van der Waals surface area contributed by atoms with Crippen molar-refractivity contribution in [1.82, 2.24) is 9.55 Å². The minimum absolute atomic E-state index is 0.0139. The molecule has 2 heterocycles. The summed E-state index contributed by atoms with van der Waals surface area (Å²) in [6.07, 6.45) is 1.31. The number of hydrogen-bond acceptors (Lipinski definition) is 7. The van der Waals surface area contributed by atoms with Crippen LogP contribution in [0.2, 0.25) is 0 Å². The number of fused-ring (bicyclic) bond motifs is 1. The molecule has 3 aromatic rings. The molecule has 32 heavy (non-hydrogen) atoms. The van der Waals surface area contributed by atoms with Crippen molar-refractivity contribution in [2.24, 2.45) is 4.99 Å². The van der Waals surface area contributed by atoms with Crippen LogP contribution in [0.15, 0.2) is 63.1 Å². The Hall–Kier alpha value is -4.40. The van der Waals surface area contributed by atoms with E-state index >= 15 is 0 Å². The molecule has 0 amide bonds. The molecule has 0 radical (unpaired) electrons. The third-order valence-corrected chi connectivity index (χ3v) is 4.88. The van der Waals surface area contributed by atoms with Gasteiger partial charge in [0.05, 0.1) is 25.1 Å². The summed E-state index contributed by atoms with van der Waals surface area (Å²) < 4.78 is 11.3. The van der Waals surface area contributed by atoms with E-state index in [1.165, 1.54) is 13.2 Å². The largest absolute Gasteiger partial charge is 0.494 e. The van der Waals surface area contributed by atoms with Crippen LogP contribution >= 0.6 is 0 Å². The van der Waals surface area contributed by atoms with Gasteiger partial charge in [-0.2, -0.15) is 0 Å². The lowest BCUT2D eigenvalue weighted by Gasteiger charge is -2.14. The number of hydrogen-bond donors (Lipinski definition) is 2. The number of methoxy groups -OCH3 is 1. The highest BCUT2D eigenvalue weighted by atomic mass is 16.5. The highest BCUT2D eigenvalue weighted by molar-refractivity contribution is 6.58. The molecule has 0 unspecified atom stereocenters. The van der Waals surface area contributed by atoms with Gasteiger partial charge in [0.2, 0.25) is 5.88 Å². The zero-order valence-electron chi connectivity index (χ0n) is 17.3. The Balaban J connectivity index is 1.97. The molecular formula is C23H19N3O6. The average molecular weight is 433 g/mol. The first kappa shape index (κ1) is 20.9. The summed E-state index contributed by atoms with van der Waals surface area (Å²) in [5.41, 5.74) is -0.254. The smallest absolute Gasteiger partial charge is 0.357 e.